The van der Waals surface area contributed by atoms with Gasteiger partial charge in [0.25, 0.3) is 0 Å². The minimum absolute atomic E-state index is 0.0686. The van der Waals surface area contributed by atoms with Gasteiger partial charge in [-0.2, -0.15) is 0 Å². The van der Waals surface area contributed by atoms with Crippen molar-refractivity contribution >= 4 is 0 Å². The van der Waals surface area contributed by atoms with Gasteiger partial charge in [-0.15, -0.1) is 0 Å². The van der Waals surface area contributed by atoms with Crippen LogP contribution in [-0.2, 0) is 4.84 Å². The van der Waals surface area contributed by atoms with Gasteiger partial charge >= 0.3 is 0 Å². The van der Waals surface area contributed by atoms with Gasteiger partial charge in [-0.05, 0) is 12.8 Å². The van der Waals surface area contributed by atoms with Crippen molar-refractivity contribution in [1.82, 2.24) is 0 Å². The molecule has 0 rings (SSSR count). The van der Waals surface area contributed by atoms with E-state index in [0.29, 0.717) is 6.54 Å². The first-order valence-corrected chi connectivity index (χ1v) is 7.38. The summed E-state index contributed by atoms with van der Waals surface area (Å²) < 4.78 is 0. The van der Waals surface area contributed by atoms with Crippen LogP contribution in [0.25, 0.3) is 0 Å². The Labute approximate surface area is 107 Å². The minimum atomic E-state index is -0.0686. The summed E-state index contributed by atoms with van der Waals surface area (Å²) in [4.78, 5) is 4.60. The first-order valence-electron chi connectivity index (χ1n) is 7.38. The number of hydrogen-bond acceptors (Lipinski definition) is 2. The van der Waals surface area contributed by atoms with E-state index in [2.05, 4.69) is 11.8 Å². The van der Waals surface area contributed by atoms with Crippen LogP contribution in [0.2, 0.25) is 0 Å². The number of rotatable bonds is 13. The number of nitrogens with one attached hydrogen (secondary N) is 1. The van der Waals surface area contributed by atoms with E-state index in [4.69, 9.17) is 0 Å². The van der Waals surface area contributed by atoms with E-state index >= 15 is 0 Å². The fourth-order valence-corrected chi connectivity index (χ4v) is 2.04. The number of unbranched alkanes of at least 4 members (excludes halogenated alkanes) is 10. The Kier molecular flexibility index (Phi) is 13.8. The van der Waals surface area contributed by atoms with E-state index in [1.165, 1.54) is 71.3 Å². The summed E-state index contributed by atoms with van der Waals surface area (Å²) in [5.74, 6) is 0. The van der Waals surface area contributed by atoms with Crippen molar-refractivity contribution in [3.63, 3.8) is 0 Å². The monoisotopic (exact) mass is 245 g/mol. The van der Waals surface area contributed by atoms with Gasteiger partial charge in [0, 0.05) is 0 Å². The van der Waals surface area contributed by atoms with Crippen LogP contribution in [0.5, 0.6) is 0 Å². The summed E-state index contributed by atoms with van der Waals surface area (Å²) in [5, 5.41) is 10.8. The van der Waals surface area contributed by atoms with Crippen LogP contribution in [0.1, 0.15) is 77.6 Å². The molecule has 1 atom stereocenters. The highest BCUT2D eigenvalue weighted by Crippen LogP contribution is 2.10. The van der Waals surface area contributed by atoms with Crippen LogP contribution in [-0.4, -0.2) is 13.7 Å². The lowest BCUT2D eigenvalue weighted by Crippen LogP contribution is -3.05. The maximum atomic E-state index is 10.8. The molecular weight excluding hydrogens is 214 g/mol. The first kappa shape index (κ1) is 16.9. The van der Waals surface area contributed by atoms with Crippen LogP contribution in [0, 0.1) is 5.21 Å². The molecule has 3 heteroatoms. The lowest BCUT2D eigenvalue weighted by atomic mass is 10.1. The van der Waals surface area contributed by atoms with Crippen molar-refractivity contribution in [2.75, 3.05) is 13.7 Å². The Balaban J connectivity index is 2.94. The van der Waals surface area contributed by atoms with Crippen LogP contribution in [0.4, 0.5) is 0 Å². The van der Waals surface area contributed by atoms with Crippen molar-refractivity contribution < 1.29 is 10.1 Å². The van der Waals surface area contributed by atoms with Gasteiger partial charge in [0.05, 0.1) is 7.11 Å². The molecule has 0 bridgehead atoms. The van der Waals surface area contributed by atoms with E-state index in [1.807, 2.05) is 0 Å². The molecule has 0 aromatic heterocycles. The summed E-state index contributed by atoms with van der Waals surface area (Å²) in [7, 11) is 1.46. The zero-order chi connectivity index (χ0) is 12.8. The van der Waals surface area contributed by atoms with Gasteiger partial charge in [0.2, 0.25) is 0 Å². The molecule has 0 radical (unpaired) electrons. The molecule has 0 aliphatic carbocycles. The SMILES string of the molecule is CCCCCCCCCCCCC[NH+]([O-])OC. The Morgan fingerprint density at radius 2 is 1.18 bits per heavy atom. The molecule has 0 saturated heterocycles. The van der Waals surface area contributed by atoms with Crippen molar-refractivity contribution in [3.05, 3.63) is 5.21 Å². The van der Waals surface area contributed by atoms with Gasteiger partial charge in [-0.25, -0.2) is 10.1 Å². The molecule has 0 spiro atoms. The molecule has 0 aliphatic heterocycles. The van der Waals surface area contributed by atoms with Gasteiger partial charge in [0.15, 0.2) is 0 Å². The van der Waals surface area contributed by atoms with Crippen molar-refractivity contribution in [3.8, 4) is 0 Å². The topological polar surface area (TPSA) is 36.7 Å². The zero-order valence-electron chi connectivity index (χ0n) is 11.8. The summed E-state index contributed by atoms with van der Waals surface area (Å²) in [6.07, 6.45) is 14.5. The van der Waals surface area contributed by atoms with Crippen molar-refractivity contribution in [1.29, 1.82) is 0 Å². The molecule has 0 aromatic carbocycles. The summed E-state index contributed by atoms with van der Waals surface area (Å²) in [6, 6.07) is 0. The minimum Gasteiger partial charge on any atom is -0.600 e. The number of hydrogen-bond donors (Lipinski definition) is 1. The molecule has 104 valence electrons. The average molecular weight is 245 g/mol. The maximum absolute atomic E-state index is 10.8. The van der Waals surface area contributed by atoms with Crippen LogP contribution < -0.4 is 5.23 Å². The maximum Gasteiger partial charge on any atom is 0.107 e. The molecule has 0 heterocycles. The van der Waals surface area contributed by atoms with E-state index in [1.54, 1.807) is 0 Å². The van der Waals surface area contributed by atoms with E-state index < -0.39 is 0 Å². The molecule has 1 unspecified atom stereocenters. The number of quaternary nitrogens is 1. The highest BCUT2D eigenvalue weighted by atomic mass is 16.9. The Hall–Kier alpha value is -0.120. The standard InChI is InChI=1S/C14H31NO2/c1-3-4-5-6-7-8-9-10-11-12-13-14-15(16)17-2/h15H,3-14H2,1-2H3. The van der Waals surface area contributed by atoms with Crippen LogP contribution in [0.15, 0.2) is 0 Å². The highest BCUT2D eigenvalue weighted by Gasteiger charge is 1.96. The quantitative estimate of drug-likeness (QED) is 0.399. The van der Waals surface area contributed by atoms with Crippen LogP contribution in [0.3, 0.4) is 0 Å². The molecule has 0 amide bonds. The third kappa shape index (κ3) is 13.8. The molecule has 0 fully saturated rings. The van der Waals surface area contributed by atoms with Gasteiger partial charge in [-0.1, -0.05) is 64.7 Å². The van der Waals surface area contributed by atoms with Gasteiger partial charge in [0.1, 0.15) is 6.54 Å². The van der Waals surface area contributed by atoms with Crippen molar-refractivity contribution in [2.24, 2.45) is 0 Å². The molecule has 3 nitrogen and oxygen atoms in total. The third-order valence-corrected chi connectivity index (χ3v) is 3.21. The molecule has 0 saturated carbocycles. The Morgan fingerprint density at radius 3 is 1.59 bits per heavy atom. The second kappa shape index (κ2) is 13.9. The lowest BCUT2D eigenvalue weighted by Gasteiger charge is -2.16. The predicted octanol–water partition coefficient (Wildman–Crippen LogP) is 3.24. The lowest BCUT2D eigenvalue weighted by molar-refractivity contribution is -1.05. The third-order valence-electron chi connectivity index (χ3n) is 3.21. The fourth-order valence-electron chi connectivity index (χ4n) is 2.04. The second-order valence-electron chi connectivity index (χ2n) is 4.86. The molecule has 0 aromatic rings. The fraction of sp³-hybridized carbons (Fsp3) is 1.00. The zero-order valence-corrected chi connectivity index (χ0v) is 11.8. The highest BCUT2D eigenvalue weighted by molar-refractivity contribution is 4.47. The largest absolute Gasteiger partial charge is 0.600 e. The summed E-state index contributed by atoms with van der Waals surface area (Å²) in [6.45, 7) is 2.85. The molecule has 0 aliphatic rings. The predicted molar refractivity (Wildman–Crippen MR) is 72.7 cm³/mol. The Morgan fingerprint density at radius 1 is 0.765 bits per heavy atom. The Bertz CT molecular complexity index is 142. The van der Waals surface area contributed by atoms with E-state index in [-0.39, 0.29) is 5.23 Å². The van der Waals surface area contributed by atoms with E-state index in [9.17, 15) is 5.21 Å². The summed E-state index contributed by atoms with van der Waals surface area (Å²) >= 11 is 0. The van der Waals surface area contributed by atoms with E-state index in [0.717, 1.165) is 6.42 Å². The number of hydroxylamine groups is 2. The second-order valence-corrected chi connectivity index (χ2v) is 4.86. The van der Waals surface area contributed by atoms with Crippen LogP contribution >= 0.6 is 0 Å². The van der Waals surface area contributed by atoms with Crippen molar-refractivity contribution in [2.45, 2.75) is 77.6 Å². The average Bonchev–Trinajstić information content (AvgIpc) is 2.35. The molecule has 1 N–H and O–H groups in total. The molecule has 17 heavy (non-hydrogen) atoms. The summed E-state index contributed by atoms with van der Waals surface area (Å²) in [5.41, 5.74) is 0. The normalized spacial score (nSPS) is 12.9. The first-order chi connectivity index (χ1) is 8.31. The van der Waals surface area contributed by atoms with Gasteiger partial charge < -0.3 is 5.21 Å². The van der Waals surface area contributed by atoms with Gasteiger partial charge in [-0.3, -0.25) is 0 Å². The molecular formula is C14H31NO2. The smallest absolute Gasteiger partial charge is 0.107 e.